The summed E-state index contributed by atoms with van der Waals surface area (Å²) in [5.41, 5.74) is 7.87. The van der Waals surface area contributed by atoms with Gasteiger partial charge in [0.25, 0.3) is 0 Å². The number of anilines is 2. The molecule has 2 N–H and O–H groups in total. The van der Waals surface area contributed by atoms with E-state index < -0.39 is 0 Å². The standard InChI is InChI=1S/C15H24N2O3/c1-11(2)10-17(4-5-18-3)13-9-15-14(8-12(13)16)19-6-7-20-15/h8-9,11H,4-7,10,16H2,1-3H3. The molecule has 5 nitrogen and oxygen atoms in total. The summed E-state index contributed by atoms with van der Waals surface area (Å²) in [6.07, 6.45) is 0. The van der Waals surface area contributed by atoms with Crippen LogP contribution in [0.25, 0.3) is 0 Å². The van der Waals surface area contributed by atoms with Crippen molar-refractivity contribution in [2.45, 2.75) is 13.8 Å². The fraction of sp³-hybridized carbons (Fsp3) is 0.600. The highest BCUT2D eigenvalue weighted by atomic mass is 16.6. The Hall–Kier alpha value is -1.62. The van der Waals surface area contributed by atoms with Gasteiger partial charge in [0.2, 0.25) is 0 Å². The molecule has 2 rings (SSSR count). The van der Waals surface area contributed by atoms with Gasteiger partial charge in [-0.25, -0.2) is 0 Å². The summed E-state index contributed by atoms with van der Waals surface area (Å²) in [6, 6.07) is 3.83. The topological polar surface area (TPSA) is 57.0 Å². The average Bonchev–Trinajstić information content (AvgIpc) is 2.42. The summed E-state index contributed by atoms with van der Waals surface area (Å²) >= 11 is 0. The van der Waals surface area contributed by atoms with Crippen LogP contribution in [0.3, 0.4) is 0 Å². The number of nitrogen functional groups attached to an aromatic ring is 1. The lowest BCUT2D eigenvalue weighted by Gasteiger charge is -2.29. The zero-order valence-corrected chi connectivity index (χ0v) is 12.5. The van der Waals surface area contributed by atoms with E-state index in [0.717, 1.165) is 30.3 Å². The van der Waals surface area contributed by atoms with Crippen molar-refractivity contribution in [2.75, 3.05) is 50.7 Å². The molecule has 1 aromatic rings. The normalized spacial score (nSPS) is 13.6. The van der Waals surface area contributed by atoms with E-state index in [1.807, 2.05) is 12.1 Å². The van der Waals surface area contributed by atoms with Crippen LogP contribution in [0.15, 0.2) is 12.1 Å². The molecule has 0 aliphatic carbocycles. The van der Waals surface area contributed by atoms with Gasteiger partial charge >= 0.3 is 0 Å². The van der Waals surface area contributed by atoms with Crippen LogP contribution in [-0.4, -0.2) is 40.0 Å². The monoisotopic (exact) mass is 280 g/mol. The van der Waals surface area contributed by atoms with Crippen molar-refractivity contribution in [2.24, 2.45) is 5.92 Å². The molecule has 0 amide bonds. The van der Waals surface area contributed by atoms with Crippen molar-refractivity contribution in [3.05, 3.63) is 12.1 Å². The first-order valence-corrected chi connectivity index (χ1v) is 7.04. The highest BCUT2D eigenvalue weighted by Gasteiger charge is 2.18. The highest BCUT2D eigenvalue weighted by molar-refractivity contribution is 5.73. The van der Waals surface area contributed by atoms with Crippen LogP contribution in [0.5, 0.6) is 11.5 Å². The average molecular weight is 280 g/mol. The molecule has 0 unspecified atom stereocenters. The minimum absolute atomic E-state index is 0.541. The van der Waals surface area contributed by atoms with Crippen LogP contribution in [0.4, 0.5) is 11.4 Å². The van der Waals surface area contributed by atoms with E-state index in [4.69, 9.17) is 19.9 Å². The van der Waals surface area contributed by atoms with Crippen molar-refractivity contribution in [1.82, 2.24) is 0 Å². The van der Waals surface area contributed by atoms with Crippen molar-refractivity contribution in [3.8, 4) is 11.5 Å². The van der Waals surface area contributed by atoms with E-state index in [0.29, 0.717) is 31.4 Å². The van der Waals surface area contributed by atoms with Gasteiger partial charge < -0.3 is 24.8 Å². The second kappa shape index (κ2) is 6.70. The second-order valence-electron chi connectivity index (χ2n) is 5.39. The van der Waals surface area contributed by atoms with Gasteiger partial charge in [0.05, 0.1) is 18.0 Å². The van der Waals surface area contributed by atoms with Gasteiger partial charge in [0.1, 0.15) is 13.2 Å². The van der Waals surface area contributed by atoms with Gasteiger partial charge in [-0.05, 0) is 5.92 Å². The lowest BCUT2D eigenvalue weighted by molar-refractivity contribution is 0.171. The lowest BCUT2D eigenvalue weighted by atomic mass is 10.1. The summed E-state index contributed by atoms with van der Waals surface area (Å²) < 4.78 is 16.4. The number of methoxy groups -OCH3 is 1. The maximum atomic E-state index is 6.17. The van der Waals surface area contributed by atoms with E-state index in [1.54, 1.807) is 7.11 Å². The molecule has 1 aromatic carbocycles. The second-order valence-corrected chi connectivity index (χ2v) is 5.39. The van der Waals surface area contributed by atoms with Gasteiger partial charge in [-0.1, -0.05) is 13.8 Å². The number of nitrogens with two attached hydrogens (primary N) is 1. The third-order valence-corrected chi connectivity index (χ3v) is 3.18. The first-order valence-electron chi connectivity index (χ1n) is 7.04. The predicted octanol–water partition coefficient (Wildman–Crippen LogP) is 2.15. The van der Waals surface area contributed by atoms with E-state index in [9.17, 15) is 0 Å². The smallest absolute Gasteiger partial charge is 0.163 e. The zero-order chi connectivity index (χ0) is 14.5. The van der Waals surface area contributed by atoms with Gasteiger partial charge in [-0.3, -0.25) is 0 Å². The Labute approximate surface area is 120 Å². The summed E-state index contributed by atoms with van der Waals surface area (Å²) in [4.78, 5) is 2.24. The number of nitrogens with zero attached hydrogens (tertiary/aromatic N) is 1. The molecule has 1 aliphatic rings. The molecule has 0 spiro atoms. The summed E-state index contributed by atoms with van der Waals surface area (Å²) in [5.74, 6) is 2.04. The third-order valence-electron chi connectivity index (χ3n) is 3.18. The molecule has 0 radical (unpaired) electrons. The maximum absolute atomic E-state index is 6.17. The lowest BCUT2D eigenvalue weighted by Crippen LogP contribution is -2.31. The van der Waals surface area contributed by atoms with Gasteiger partial charge in [-0.2, -0.15) is 0 Å². The fourth-order valence-electron chi connectivity index (χ4n) is 2.32. The largest absolute Gasteiger partial charge is 0.486 e. The molecule has 0 atom stereocenters. The Morgan fingerprint density at radius 3 is 2.50 bits per heavy atom. The molecule has 0 aromatic heterocycles. The van der Waals surface area contributed by atoms with Gasteiger partial charge in [0.15, 0.2) is 11.5 Å². The van der Waals surface area contributed by atoms with E-state index in [2.05, 4.69) is 18.7 Å². The maximum Gasteiger partial charge on any atom is 0.163 e. The number of ether oxygens (including phenoxy) is 3. The number of rotatable bonds is 6. The molecule has 0 bridgehead atoms. The molecular weight excluding hydrogens is 256 g/mol. The van der Waals surface area contributed by atoms with Crippen LogP contribution in [0.2, 0.25) is 0 Å². The van der Waals surface area contributed by atoms with Crippen molar-refractivity contribution < 1.29 is 14.2 Å². The highest BCUT2D eigenvalue weighted by Crippen LogP contribution is 2.38. The molecule has 112 valence electrons. The first kappa shape index (κ1) is 14.8. The van der Waals surface area contributed by atoms with Gasteiger partial charge in [-0.15, -0.1) is 0 Å². The molecule has 5 heteroatoms. The van der Waals surface area contributed by atoms with Crippen LogP contribution in [0, 0.1) is 5.92 Å². The summed E-state index contributed by atoms with van der Waals surface area (Å²) in [7, 11) is 1.71. The Balaban J connectivity index is 2.26. The fourth-order valence-corrected chi connectivity index (χ4v) is 2.32. The van der Waals surface area contributed by atoms with Crippen LogP contribution < -0.4 is 20.1 Å². The minimum Gasteiger partial charge on any atom is -0.486 e. The van der Waals surface area contributed by atoms with E-state index >= 15 is 0 Å². The van der Waals surface area contributed by atoms with E-state index in [1.165, 1.54) is 0 Å². The quantitative estimate of drug-likeness (QED) is 0.809. The number of hydrogen-bond acceptors (Lipinski definition) is 5. The molecular formula is C15H24N2O3. The molecule has 1 heterocycles. The Morgan fingerprint density at radius 2 is 1.90 bits per heavy atom. The van der Waals surface area contributed by atoms with Crippen molar-refractivity contribution >= 4 is 11.4 Å². The molecule has 0 saturated carbocycles. The molecule has 0 fully saturated rings. The molecule has 20 heavy (non-hydrogen) atoms. The summed E-state index contributed by atoms with van der Waals surface area (Å²) in [6.45, 7) is 7.93. The zero-order valence-electron chi connectivity index (χ0n) is 12.5. The number of benzene rings is 1. The Bertz CT molecular complexity index is 449. The Kier molecular flexibility index (Phi) is 4.95. The minimum atomic E-state index is 0.541. The first-order chi connectivity index (χ1) is 9.61. The van der Waals surface area contributed by atoms with E-state index in [-0.39, 0.29) is 0 Å². The third kappa shape index (κ3) is 3.48. The SMILES string of the molecule is COCCN(CC(C)C)c1cc2c(cc1N)OCCO2. The number of fused-ring (bicyclic) bond motifs is 1. The van der Waals surface area contributed by atoms with Gasteiger partial charge in [0, 0.05) is 32.3 Å². The van der Waals surface area contributed by atoms with Crippen molar-refractivity contribution in [3.63, 3.8) is 0 Å². The molecule has 1 aliphatic heterocycles. The number of hydrogen-bond donors (Lipinski definition) is 1. The Morgan fingerprint density at radius 1 is 1.25 bits per heavy atom. The van der Waals surface area contributed by atoms with Crippen LogP contribution >= 0.6 is 0 Å². The molecule has 0 saturated heterocycles. The van der Waals surface area contributed by atoms with Crippen LogP contribution in [-0.2, 0) is 4.74 Å². The predicted molar refractivity (Wildman–Crippen MR) is 80.8 cm³/mol. The van der Waals surface area contributed by atoms with Crippen LogP contribution in [0.1, 0.15) is 13.8 Å². The van der Waals surface area contributed by atoms with Crippen molar-refractivity contribution in [1.29, 1.82) is 0 Å². The summed E-state index contributed by atoms with van der Waals surface area (Å²) in [5, 5.41) is 0.